The van der Waals surface area contributed by atoms with Gasteiger partial charge in [-0.2, -0.15) is 0 Å². The molecule has 0 fully saturated rings. The van der Waals surface area contributed by atoms with Crippen molar-refractivity contribution in [3.63, 3.8) is 0 Å². The van der Waals surface area contributed by atoms with Crippen molar-refractivity contribution >= 4 is 45.1 Å². The van der Waals surface area contributed by atoms with Gasteiger partial charge in [0.2, 0.25) is 0 Å². The molecule has 3 rings (SSSR count). The van der Waals surface area contributed by atoms with E-state index in [4.69, 9.17) is 4.74 Å². The molecule has 0 saturated heterocycles. The fourth-order valence-corrected chi connectivity index (χ4v) is 4.26. The summed E-state index contributed by atoms with van der Waals surface area (Å²) < 4.78 is 9.32. The standard InChI is InChI=1S/C23H26N4O6S/c1-13-24-16-6-5-14(11-15(16)21(29)25-13)12-27(2)19-9-8-18(34-19)22(30)26-17(23(31)33-4)7-10-20(28)32-3/h5-6,8-9,11,17H,7,10,12H2,1-4H3,(H,26,30)(H,24,25,29). The maximum Gasteiger partial charge on any atom is 0.328 e. The maximum absolute atomic E-state index is 12.7. The van der Waals surface area contributed by atoms with Gasteiger partial charge >= 0.3 is 11.9 Å². The molecule has 0 aliphatic rings. The van der Waals surface area contributed by atoms with Gasteiger partial charge in [0.25, 0.3) is 11.5 Å². The van der Waals surface area contributed by atoms with Crippen LogP contribution in [0, 0.1) is 6.92 Å². The molecular weight excluding hydrogens is 460 g/mol. The molecule has 0 spiro atoms. The van der Waals surface area contributed by atoms with Crippen molar-refractivity contribution < 1.29 is 23.9 Å². The topological polar surface area (TPSA) is 131 Å². The number of hydrogen-bond donors (Lipinski definition) is 2. The van der Waals surface area contributed by atoms with Gasteiger partial charge in [0, 0.05) is 20.0 Å². The number of anilines is 1. The minimum absolute atomic E-state index is 0.0291. The summed E-state index contributed by atoms with van der Waals surface area (Å²) in [5.41, 5.74) is 1.36. The molecule has 2 aromatic heterocycles. The molecule has 1 atom stereocenters. The summed E-state index contributed by atoms with van der Waals surface area (Å²) in [7, 11) is 4.35. The Morgan fingerprint density at radius 3 is 2.65 bits per heavy atom. The van der Waals surface area contributed by atoms with Gasteiger partial charge in [-0.25, -0.2) is 9.78 Å². The number of hydrogen-bond acceptors (Lipinski definition) is 9. The molecule has 11 heteroatoms. The van der Waals surface area contributed by atoms with Crippen molar-refractivity contribution in [3.05, 3.63) is 57.0 Å². The largest absolute Gasteiger partial charge is 0.469 e. The van der Waals surface area contributed by atoms with Gasteiger partial charge in [-0.3, -0.25) is 14.4 Å². The molecule has 2 heterocycles. The molecule has 0 aliphatic carbocycles. The van der Waals surface area contributed by atoms with Gasteiger partial charge in [0.15, 0.2) is 0 Å². The molecule has 0 radical (unpaired) electrons. The molecule has 3 aromatic rings. The van der Waals surface area contributed by atoms with E-state index in [1.54, 1.807) is 25.1 Å². The monoisotopic (exact) mass is 486 g/mol. The number of H-pyrrole nitrogens is 1. The van der Waals surface area contributed by atoms with E-state index < -0.39 is 23.9 Å². The summed E-state index contributed by atoms with van der Waals surface area (Å²) in [4.78, 5) is 57.8. The van der Waals surface area contributed by atoms with Crippen LogP contribution in [0.1, 0.15) is 33.9 Å². The number of fused-ring (bicyclic) bond motifs is 1. The summed E-state index contributed by atoms with van der Waals surface area (Å²) in [5, 5.41) is 3.96. The van der Waals surface area contributed by atoms with E-state index in [0.29, 0.717) is 28.1 Å². The van der Waals surface area contributed by atoms with Gasteiger partial charge in [-0.05, 0) is 43.2 Å². The molecule has 1 amide bonds. The van der Waals surface area contributed by atoms with Gasteiger partial charge in [-0.15, -0.1) is 11.3 Å². The molecule has 1 aromatic carbocycles. The normalized spacial score (nSPS) is 11.6. The first-order chi connectivity index (χ1) is 16.2. The second kappa shape index (κ2) is 10.9. The van der Waals surface area contributed by atoms with E-state index in [0.717, 1.165) is 10.6 Å². The van der Waals surface area contributed by atoms with Crippen LogP contribution in [-0.4, -0.2) is 55.1 Å². The Morgan fingerprint density at radius 2 is 1.94 bits per heavy atom. The number of methoxy groups -OCH3 is 2. The Bertz CT molecular complexity index is 1270. The summed E-state index contributed by atoms with van der Waals surface area (Å²) in [6, 6.07) is 8.04. The van der Waals surface area contributed by atoms with E-state index in [-0.39, 0.29) is 18.4 Å². The lowest BCUT2D eigenvalue weighted by atomic mass is 10.1. The number of aryl methyl sites for hydroxylation is 1. The second-order valence-corrected chi connectivity index (χ2v) is 8.72. The first-order valence-corrected chi connectivity index (χ1v) is 11.3. The third-order valence-electron chi connectivity index (χ3n) is 5.16. The fraction of sp³-hybridized carbons (Fsp3) is 0.348. The van der Waals surface area contributed by atoms with E-state index >= 15 is 0 Å². The Balaban J connectivity index is 1.69. The van der Waals surface area contributed by atoms with Crippen LogP contribution in [-0.2, 0) is 25.6 Å². The van der Waals surface area contributed by atoms with Crippen molar-refractivity contribution in [3.8, 4) is 0 Å². The lowest BCUT2D eigenvalue weighted by Crippen LogP contribution is -2.41. The zero-order chi connectivity index (χ0) is 24.8. The van der Waals surface area contributed by atoms with E-state index in [2.05, 4.69) is 20.0 Å². The quantitative estimate of drug-likeness (QED) is 0.440. The molecule has 0 aliphatic heterocycles. The Hall–Kier alpha value is -3.73. The molecule has 34 heavy (non-hydrogen) atoms. The Kier molecular flexibility index (Phi) is 8.00. The summed E-state index contributed by atoms with van der Waals surface area (Å²) in [6.45, 7) is 2.24. The lowest BCUT2D eigenvalue weighted by Gasteiger charge is -2.17. The summed E-state index contributed by atoms with van der Waals surface area (Å²) in [6.07, 6.45) is 0.0390. The first kappa shape index (κ1) is 24.9. The van der Waals surface area contributed by atoms with Crippen molar-refractivity contribution in [2.24, 2.45) is 0 Å². The van der Waals surface area contributed by atoms with Crippen LogP contribution in [0.2, 0.25) is 0 Å². The van der Waals surface area contributed by atoms with Crippen LogP contribution >= 0.6 is 11.3 Å². The number of carbonyl (C=O) groups excluding carboxylic acids is 3. The maximum atomic E-state index is 12.7. The number of carbonyl (C=O) groups is 3. The van der Waals surface area contributed by atoms with Crippen LogP contribution in [0.3, 0.4) is 0 Å². The second-order valence-electron chi connectivity index (χ2n) is 7.66. The number of aromatic nitrogens is 2. The molecule has 180 valence electrons. The van der Waals surface area contributed by atoms with Gasteiger partial charge in [-0.1, -0.05) is 6.07 Å². The average Bonchev–Trinajstić information content (AvgIpc) is 3.32. The highest BCUT2D eigenvalue weighted by Crippen LogP contribution is 2.27. The molecule has 0 bridgehead atoms. The molecule has 0 saturated carbocycles. The highest BCUT2D eigenvalue weighted by molar-refractivity contribution is 7.18. The molecular formula is C23H26N4O6S. The van der Waals surface area contributed by atoms with E-state index in [1.807, 2.05) is 24.1 Å². The SMILES string of the molecule is COC(=O)CCC(NC(=O)c1ccc(N(C)Cc2ccc3nc(C)[nH]c(=O)c3c2)s1)C(=O)OC. The van der Waals surface area contributed by atoms with Crippen molar-refractivity contribution in [2.75, 3.05) is 26.2 Å². The highest BCUT2D eigenvalue weighted by Gasteiger charge is 2.24. The predicted molar refractivity (Wildman–Crippen MR) is 128 cm³/mol. The number of benzene rings is 1. The molecule has 2 N–H and O–H groups in total. The van der Waals surface area contributed by atoms with E-state index in [1.165, 1.54) is 25.6 Å². The third kappa shape index (κ3) is 5.98. The zero-order valence-corrected chi connectivity index (χ0v) is 20.2. The van der Waals surface area contributed by atoms with Crippen LogP contribution in [0.25, 0.3) is 10.9 Å². The van der Waals surface area contributed by atoms with Gasteiger partial charge in [0.05, 0.1) is 35.0 Å². The number of ether oxygens (including phenoxy) is 2. The minimum Gasteiger partial charge on any atom is -0.469 e. The number of nitrogens with one attached hydrogen (secondary N) is 2. The summed E-state index contributed by atoms with van der Waals surface area (Å²) in [5.74, 6) is -0.998. The lowest BCUT2D eigenvalue weighted by molar-refractivity contribution is -0.144. The Morgan fingerprint density at radius 1 is 1.18 bits per heavy atom. The van der Waals surface area contributed by atoms with Crippen molar-refractivity contribution in [1.82, 2.24) is 15.3 Å². The smallest absolute Gasteiger partial charge is 0.328 e. The van der Waals surface area contributed by atoms with Crippen molar-refractivity contribution in [1.29, 1.82) is 0 Å². The number of aromatic amines is 1. The van der Waals surface area contributed by atoms with Crippen LogP contribution in [0.5, 0.6) is 0 Å². The minimum atomic E-state index is -0.965. The third-order valence-corrected chi connectivity index (χ3v) is 6.35. The Labute approximate surface area is 199 Å². The zero-order valence-electron chi connectivity index (χ0n) is 19.3. The average molecular weight is 487 g/mol. The van der Waals surface area contributed by atoms with Crippen LogP contribution in [0.15, 0.2) is 35.1 Å². The fourth-order valence-electron chi connectivity index (χ4n) is 3.39. The van der Waals surface area contributed by atoms with Crippen LogP contribution < -0.4 is 15.8 Å². The molecule has 10 nitrogen and oxygen atoms in total. The number of rotatable bonds is 9. The number of thiophene rings is 1. The van der Waals surface area contributed by atoms with Crippen LogP contribution in [0.4, 0.5) is 5.00 Å². The van der Waals surface area contributed by atoms with Gasteiger partial charge < -0.3 is 24.7 Å². The first-order valence-electron chi connectivity index (χ1n) is 10.5. The highest BCUT2D eigenvalue weighted by atomic mass is 32.1. The van der Waals surface area contributed by atoms with Crippen molar-refractivity contribution in [2.45, 2.75) is 32.4 Å². The number of esters is 2. The van der Waals surface area contributed by atoms with E-state index in [9.17, 15) is 19.2 Å². The molecule has 1 unspecified atom stereocenters. The number of amides is 1. The predicted octanol–water partition coefficient (Wildman–Crippen LogP) is 2.15. The van der Waals surface area contributed by atoms with Gasteiger partial charge in [0.1, 0.15) is 11.9 Å². The summed E-state index contributed by atoms with van der Waals surface area (Å²) >= 11 is 1.26. The number of nitrogens with zero attached hydrogens (tertiary/aromatic N) is 2.